The van der Waals surface area contributed by atoms with Crippen molar-refractivity contribution in [3.8, 4) is 0 Å². The highest BCUT2D eigenvalue weighted by Gasteiger charge is 2.21. The topological polar surface area (TPSA) is 62.6 Å². The van der Waals surface area contributed by atoms with E-state index in [1.807, 2.05) is 13.0 Å². The first-order valence-electron chi connectivity index (χ1n) is 6.23. The minimum Gasteiger partial charge on any atom is -0.465 e. The largest absolute Gasteiger partial charge is 0.465 e. The predicted molar refractivity (Wildman–Crippen MR) is 78.1 cm³/mol. The van der Waals surface area contributed by atoms with Crippen LogP contribution in [0.25, 0.3) is 0 Å². The molecule has 0 bridgehead atoms. The van der Waals surface area contributed by atoms with E-state index in [0.29, 0.717) is 5.76 Å². The van der Waals surface area contributed by atoms with Gasteiger partial charge in [-0.3, -0.25) is 0 Å². The molecule has 5 nitrogen and oxygen atoms in total. The molecule has 0 radical (unpaired) electrons. The summed E-state index contributed by atoms with van der Waals surface area (Å²) in [7, 11) is -0.180. The number of hydrogen-bond donors (Lipinski definition) is 1. The van der Waals surface area contributed by atoms with Gasteiger partial charge in [0.15, 0.2) is 0 Å². The Labute approximate surface area is 119 Å². The SMILES string of the molecule is CNc1ccc(S(=O)(=O)N(C)Cc2ccc(C)o2)cc1. The van der Waals surface area contributed by atoms with E-state index in [2.05, 4.69) is 5.32 Å². The summed E-state index contributed by atoms with van der Waals surface area (Å²) in [5.41, 5.74) is 0.869. The lowest BCUT2D eigenvalue weighted by Crippen LogP contribution is -2.26. The minimum atomic E-state index is -3.51. The van der Waals surface area contributed by atoms with Crippen LogP contribution >= 0.6 is 0 Å². The summed E-state index contributed by atoms with van der Waals surface area (Å²) in [4.78, 5) is 0.266. The van der Waals surface area contributed by atoms with Gasteiger partial charge in [-0.05, 0) is 43.3 Å². The fraction of sp³-hybridized carbons (Fsp3) is 0.286. The lowest BCUT2D eigenvalue weighted by molar-refractivity contribution is 0.397. The third kappa shape index (κ3) is 3.02. The number of nitrogens with one attached hydrogen (secondary N) is 1. The van der Waals surface area contributed by atoms with Gasteiger partial charge in [0.1, 0.15) is 11.5 Å². The maximum absolute atomic E-state index is 12.4. The van der Waals surface area contributed by atoms with Crippen LogP contribution < -0.4 is 5.32 Å². The molecule has 0 saturated carbocycles. The summed E-state index contributed by atoms with van der Waals surface area (Å²) in [6.07, 6.45) is 0. The summed E-state index contributed by atoms with van der Waals surface area (Å²) in [6.45, 7) is 2.04. The van der Waals surface area contributed by atoms with Crippen LogP contribution in [0.1, 0.15) is 11.5 Å². The third-order valence-electron chi connectivity index (χ3n) is 3.03. The molecule has 2 aromatic rings. The van der Waals surface area contributed by atoms with Gasteiger partial charge in [0.25, 0.3) is 0 Å². The van der Waals surface area contributed by atoms with Crippen LogP contribution in [0.2, 0.25) is 0 Å². The van der Waals surface area contributed by atoms with Gasteiger partial charge in [-0.25, -0.2) is 8.42 Å². The van der Waals surface area contributed by atoms with Crippen LogP contribution in [-0.4, -0.2) is 26.8 Å². The van der Waals surface area contributed by atoms with E-state index < -0.39 is 10.0 Å². The average molecular weight is 294 g/mol. The molecule has 0 atom stereocenters. The van der Waals surface area contributed by atoms with E-state index in [-0.39, 0.29) is 11.4 Å². The fourth-order valence-corrected chi connectivity index (χ4v) is 2.99. The number of benzene rings is 1. The molecule has 108 valence electrons. The monoisotopic (exact) mass is 294 g/mol. The molecule has 20 heavy (non-hydrogen) atoms. The number of rotatable bonds is 5. The highest BCUT2D eigenvalue weighted by Crippen LogP contribution is 2.19. The Morgan fingerprint density at radius 3 is 2.30 bits per heavy atom. The number of hydrogen-bond acceptors (Lipinski definition) is 4. The normalized spacial score (nSPS) is 11.8. The lowest BCUT2D eigenvalue weighted by atomic mass is 10.3. The van der Waals surface area contributed by atoms with Gasteiger partial charge in [0.2, 0.25) is 10.0 Å². The maximum Gasteiger partial charge on any atom is 0.243 e. The van der Waals surface area contributed by atoms with E-state index in [4.69, 9.17) is 4.42 Å². The van der Waals surface area contributed by atoms with E-state index in [0.717, 1.165) is 11.4 Å². The zero-order chi connectivity index (χ0) is 14.8. The molecule has 0 unspecified atom stereocenters. The number of nitrogens with zero attached hydrogens (tertiary/aromatic N) is 1. The van der Waals surface area contributed by atoms with Crippen molar-refractivity contribution in [3.63, 3.8) is 0 Å². The van der Waals surface area contributed by atoms with Crippen molar-refractivity contribution in [2.45, 2.75) is 18.4 Å². The molecule has 0 aliphatic heterocycles. The summed E-state index contributed by atoms with van der Waals surface area (Å²) in [5.74, 6) is 1.39. The Bertz CT molecular complexity index is 675. The number of furan rings is 1. The molecule has 0 spiro atoms. The number of aryl methyl sites for hydroxylation is 1. The summed E-state index contributed by atoms with van der Waals surface area (Å²) in [6, 6.07) is 10.2. The van der Waals surface area contributed by atoms with E-state index in [9.17, 15) is 8.42 Å². The Balaban J connectivity index is 2.19. The Morgan fingerprint density at radius 2 is 1.80 bits per heavy atom. The molecule has 1 aromatic heterocycles. The van der Waals surface area contributed by atoms with Crippen LogP contribution in [0.15, 0.2) is 45.7 Å². The van der Waals surface area contributed by atoms with Gasteiger partial charge in [-0.2, -0.15) is 4.31 Å². The second kappa shape index (κ2) is 5.68. The van der Waals surface area contributed by atoms with Gasteiger partial charge in [0, 0.05) is 19.8 Å². The Kier molecular flexibility index (Phi) is 4.15. The lowest BCUT2D eigenvalue weighted by Gasteiger charge is -2.16. The molecule has 0 aliphatic carbocycles. The first-order chi connectivity index (χ1) is 9.43. The average Bonchev–Trinajstić information content (AvgIpc) is 2.84. The summed E-state index contributed by atoms with van der Waals surface area (Å²) >= 11 is 0. The van der Waals surface area contributed by atoms with Crippen molar-refractivity contribution >= 4 is 15.7 Å². The molecule has 1 N–H and O–H groups in total. The van der Waals surface area contributed by atoms with Crippen molar-refractivity contribution in [1.82, 2.24) is 4.31 Å². The molecule has 0 amide bonds. The maximum atomic E-state index is 12.4. The van der Waals surface area contributed by atoms with Crippen molar-refractivity contribution in [2.24, 2.45) is 0 Å². The van der Waals surface area contributed by atoms with Crippen LogP contribution in [0.4, 0.5) is 5.69 Å². The van der Waals surface area contributed by atoms with Gasteiger partial charge < -0.3 is 9.73 Å². The Hall–Kier alpha value is -1.79. The Morgan fingerprint density at radius 1 is 1.15 bits per heavy atom. The number of sulfonamides is 1. The van der Waals surface area contributed by atoms with Gasteiger partial charge in [-0.15, -0.1) is 0 Å². The predicted octanol–water partition coefficient (Wildman–Crippen LogP) is 2.45. The van der Waals surface area contributed by atoms with Crippen LogP contribution in [-0.2, 0) is 16.6 Å². The molecule has 6 heteroatoms. The smallest absolute Gasteiger partial charge is 0.243 e. The first kappa shape index (κ1) is 14.6. The first-order valence-corrected chi connectivity index (χ1v) is 7.67. The number of anilines is 1. The second-order valence-corrected chi connectivity index (χ2v) is 6.59. The van der Waals surface area contributed by atoms with Crippen LogP contribution in [0.3, 0.4) is 0 Å². The molecule has 0 aliphatic rings. The van der Waals surface area contributed by atoms with Crippen molar-refractivity contribution < 1.29 is 12.8 Å². The molecule has 1 aromatic carbocycles. The summed E-state index contributed by atoms with van der Waals surface area (Å²) in [5, 5.41) is 2.95. The second-order valence-electron chi connectivity index (χ2n) is 4.55. The molecule has 2 rings (SSSR count). The van der Waals surface area contributed by atoms with Crippen molar-refractivity contribution in [3.05, 3.63) is 47.9 Å². The minimum absolute atomic E-state index is 0.212. The van der Waals surface area contributed by atoms with E-state index >= 15 is 0 Å². The van der Waals surface area contributed by atoms with Crippen LogP contribution in [0, 0.1) is 6.92 Å². The van der Waals surface area contributed by atoms with Crippen molar-refractivity contribution in [2.75, 3.05) is 19.4 Å². The molecule has 0 fully saturated rings. The fourth-order valence-electron chi connectivity index (χ4n) is 1.85. The molecule has 1 heterocycles. The quantitative estimate of drug-likeness (QED) is 0.920. The standard InChI is InChI=1S/C14H18N2O3S/c1-11-4-7-13(19-11)10-16(3)20(17,18)14-8-5-12(15-2)6-9-14/h4-9,15H,10H2,1-3H3. The van der Waals surface area contributed by atoms with Gasteiger partial charge >= 0.3 is 0 Å². The van der Waals surface area contributed by atoms with Gasteiger partial charge in [-0.1, -0.05) is 0 Å². The molecular formula is C14H18N2O3S. The molecular weight excluding hydrogens is 276 g/mol. The van der Waals surface area contributed by atoms with Gasteiger partial charge in [0.05, 0.1) is 11.4 Å². The van der Waals surface area contributed by atoms with Crippen molar-refractivity contribution in [1.29, 1.82) is 0 Å². The highest BCUT2D eigenvalue weighted by atomic mass is 32.2. The van der Waals surface area contributed by atoms with Crippen LogP contribution in [0.5, 0.6) is 0 Å². The zero-order valence-corrected chi connectivity index (χ0v) is 12.6. The summed E-state index contributed by atoms with van der Waals surface area (Å²) < 4.78 is 31.5. The van der Waals surface area contributed by atoms with E-state index in [1.165, 1.54) is 4.31 Å². The highest BCUT2D eigenvalue weighted by molar-refractivity contribution is 7.89. The zero-order valence-electron chi connectivity index (χ0n) is 11.8. The third-order valence-corrected chi connectivity index (χ3v) is 4.84. The molecule has 0 saturated heterocycles. The van der Waals surface area contributed by atoms with E-state index in [1.54, 1.807) is 44.4 Å².